The zero-order chi connectivity index (χ0) is 17.5. The predicted octanol–water partition coefficient (Wildman–Crippen LogP) is 2.76. The van der Waals surface area contributed by atoms with Crippen molar-refractivity contribution >= 4 is 17.7 Å². The third-order valence-electron chi connectivity index (χ3n) is 5.06. The Balaban J connectivity index is 1.62. The Morgan fingerprint density at radius 3 is 2.33 bits per heavy atom. The highest BCUT2D eigenvalue weighted by Gasteiger charge is 2.26. The van der Waals surface area contributed by atoms with Crippen molar-refractivity contribution in [2.45, 2.75) is 58.8 Å². The molecule has 0 aromatic carbocycles. The van der Waals surface area contributed by atoms with Crippen molar-refractivity contribution in [2.24, 2.45) is 11.8 Å². The van der Waals surface area contributed by atoms with Gasteiger partial charge in [0.25, 0.3) is 11.8 Å². The van der Waals surface area contributed by atoms with Crippen LogP contribution >= 0.6 is 0 Å². The highest BCUT2D eigenvalue weighted by molar-refractivity contribution is 6.13. The fourth-order valence-electron chi connectivity index (χ4n) is 3.47. The first kappa shape index (κ1) is 18.7. The molecule has 0 aromatic rings. The zero-order valence-corrected chi connectivity index (χ0v) is 15.0. The molecule has 2 aliphatic rings. The van der Waals surface area contributed by atoms with Gasteiger partial charge < -0.3 is 4.90 Å². The van der Waals surface area contributed by atoms with Crippen molar-refractivity contribution in [2.75, 3.05) is 19.6 Å². The maximum atomic E-state index is 12.3. The summed E-state index contributed by atoms with van der Waals surface area (Å²) in [6.45, 7) is 6.35. The van der Waals surface area contributed by atoms with E-state index < -0.39 is 0 Å². The molecule has 1 fully saturated rings. The lowest BCUT2D eigenvalue weighted by atomic mass is 9.90. The third kappa shape index (κ3) is 5.46. The van der Waals surface area contributed by atoms with Crippen LogP contribution in [0.1, 0.15) is 58.8 Å². The quantitative estimate of drug-likeness (QED) is 0.506. The lowest BCUT2D eigenvalue weighted by molar-refractivity contribution is -0.138. The van der Waals surface area contributed by atoms with Gasteiger partial charge in [0.2, 0.25) is 5.91 Å². The molecule has 0 spiro atoms. The fourth-order valence-corrected chi connectivity index (χ4v) is 3.47. The second-order valence-corrected chi connectivity index (χ2v) is 7.41. The molecule has 2 heterocycles. The summed E-state index contributed by atoms with van der Waals surface area (Å²) in [5.74, 6) is 0.961. The topological polar surface area (TPSA) is 57.7 Å². The molecule has 2 aliphatic heterocycles. The highest BCUT2D eigenvalue weighted by atomic mass is 16.2. The SMILES string of the molecule is CC(C)CCCCC1CCN(C(=O)CCN2C(=O)C=CC2=O)CC1. The predicted molar refractivity (Wildman–Crippen MR) is 93.1 cm³/mol. The molecule has 0 atom stereocenters. The van der Waals surface area contributed by atoms with E-state index in [1.807, 2.05) is 4.90 Å². The molecule has 3 amide bonds. The van der Waals surface area contributed by atoms with E-state index in [0.29, 0.717) is 0 Å². The van der Waals surface area contributed by atoms with Crippen molar-refractivity contribution in [3.05, 3.63) is 12.2 Å². The maximum Gasteiger partial charge on any atom is 0.253 e. The second kappa shape index (κ2) is 9.00. The second-order valence-electron chi connectivity index (χ2n) is 7.41. The van der Waals surface area contributed by atoms with Crippen LogP contribution in [0.4, 0.5) is 0 Å². The minimum atomic E-state index is -0.312. The summed E-state index contributed by atoms with van der Waals surface area (Å²) in [5.41, 5.74) is 0. The first-order valence-electron chi connectivity index (χ1n) is 9.28. The first-order valence-corrected chi connectivity index (χ1v) is 9.28. The fraction of sp³-hybridized carbons (Fsp3) is 0.737. The third-order valence-corrected chi connectivity index (χ3v) is 5.06. The maximum absolute atomic E-state index is 12.3. The van der Waals surface area contributed by atoms with Crippen molar-refractivity contribution in [3.63, 3.8) is 0 Å². The molecule has 0 radical (unpaired) electrons. The van der Waals surface area contributed by atoms with E-state index >= 15 is 0 Å². The van der Waals surface area contributed by atoms with Gasteiger partial charge in [-0.1, -0.05) is 39.5 Å². The van der Waals surface area contributed by atoms with Gasteiger partial charge in [0.15, 0.2) is 0 Å². The van der Waals surface area contributed by atoms with Crippen LogP contribution in [0.3, 0.4) is 0 Å². The first-order chi connectivity index (χ1) is 11.5. The molecule has 2 rings (SSSR count). The van der Waals surface area contributed by atoms with E-state index in [0.717, 1.165) is 42.7 Å². The molecule has 5 nitrogen and oxygen atoms in total. The summed E-state index contributed by atoms with van der Waals surface area (Å²) >= 11 is 0. The molecule has 0 unspecified atom stereocenters. The van der Waals surface area contributed by atoms with Gasteiger partial charge in [-0.05, 0) is 24.7 Å². The molecule has 1 saturated heterocycles. The molecular formula is C19H30N2O3. The van der Waals surface area contributed by atoms with E-state index in [1.165, 1.54) is 37.8 Å². The van der Waals surface area contributed by atoms with Gasteiger partial charge in [-0.3, -0.25) is 19.3 Å². The molecular weight excluding hydrogens is 304 g/mol. The number of carbonyl (C=O) groups excluding carboxylic acids is 3. The highest BCUT2D eigenvalue weighted by Crippen LogP contribution is 2.24. The molecule has 0 aliphatic carbocycles. The minimum absolute atomic E-state index is 0.0563. The number of imide groups is 1. The van der Waals surface area contributed by atoms with E-state index in [2.05, 4.69) is 13.8 Å². The van der Waals surface area contributed by atoms with E-state index in [1.54, 1.807) is 0 Å². The van der Waals surface area contributed by atoms with E-state index in [9.17, 15) is 14.4 Å². The van der Waals surface area contributed by atoms with Crippen LogP contribution in [0.25, 0.3) is 0 Å². The summed E-state index contributed by atoms with van der Waals surface area (Å²) in [4.78, 5) is 38.3. The summed E-state index contributed by atoms with van der Waals surface area (Å²) in [6.07, 6.45) is 10.1. The average Bonchev–Trinajstić information content (AvgIpc) is 2.88. The Hall–Kier alpha value is -1.65. The number of carbonyl (C=O) groups is 3. The monoisotopic (exact) mass is 334 g/mol. The number of nitrogens with zero attached hydrogens (tertiary/aromatic N) is 2. The molecule has 0 aromatic heterocycles. The number of hydrogen-bond donors (Lipinski definition) is 0. The van der Waals surface area contributed by atoms with Crippen molar-refractivity contribution in [1.29, 1.82) is 0 Å². The van der Waals surface area contributed by atoms with Gasteiger partial charge in [0, 0.05) is 38.2 Å². The van der Waals surface area contributed by atoms with E-state index in [-0.39, 0.29) is 30.7 Å². The van der Waals surface area contributed by atoms with Crippen LogP contribution in [0.15, 0.2) is 12.2 Å². The molecule has 5 heteroatoms. The summed E-state index contributed by atoms with van der Waals surface area (Å²) in [7, 11) is 0. The number of likely N-dealkylation sites (tertiary alicyclic amines) is 1. The van der Waals surface area contributed by atoms with E-state index in [4.69, 9.17) is 0 Å². The van der Waals surface area contributed by atoms with Gasteiger partial charge in [-0.2, -0.15) is 0 Å². The van der Waals surface area contributed by atoms with Crippen LogP contribution in [0.2, 0.25) is 0 Å². The van der Waals surface area contributed by atoms with Crippen molar-refractivity contribution in [3.8, 4) is 0 Å². The number of hydrogen-bond acceptors (Lipinski definition) is 3. The smallest absolute Gasteiger partial charge is 0.253 e. The van der Waals surface area contributed by atoms with Gasteiger partial charge in [-0.15, -0.1) is 0 Å². The number of piperidine rings is 1. The van der Waals surface area contributed by atoms with Crippen LogP contribution in [-0.2, 0) is 14.4 Å². The van der Waals surface area contributed by atoms with Gasteiger partial charge in [0.05, 0.1) is 0 Å². The largest absolute Gasteiger partial charge is 0.343 e. The van der Waals surface area contributed by atoms with Gasteiger partial charge >= 0.3 is 0 Å². The summed E-state index contributed by atoms with van der Waals surface area (Å²) in [6, 6.07) is 0. The summed E-state index contributed by atoms with van der Waals surface area (Å²) < 4.78 is 0. The van der Waals surface area contributed by atoms with Crippen molar-refractivity contribution < 1.29 is 14.4 Å². The van der Waals surface area contributed by atoms with Crippen molar-refractivity contribution in [1.82, 2.24) is 9.80 Å². The molecule has 0 saturated carbocycles. The molecule has 0 bridgehead atoms. The minimum Gasteiger partial charge on any atom is -0.343 e. The molecule has 134 valence electrons. The Bertz CT molecular complexity index is 473. The number of rotatable bonds is 8. The van der Waals surface area contributed by atoms with Crippen LogP contribution in [-0.4, -0.2) is 47.2 Å². The lowest BCUT2D eigenvalue weighted by Gasteiger charge is -2.32. The Morgan fingerprint density at radius 1 is 1.12 bits per heavy atom. The van der Waals surface area contributed by atoms with Gasteiger partial charge in [0.1, 0.15) is 0 Å². The normalized spacial score (nSPS) is 19.0. The van der Waals surface area contributed by atoms with Crippen LogP contribution in [0.5, 0.6) is 0 Å². The Kier molecular flexibility index (Phi) is 7.00. The molecule has 0 N–H and O–H groups in total. The standard InChI is InChI=1S/C19H30N2O3/c1-15(2)5-3-4-6-16-9-12-20(13-10-16)17(22)11-14-21-18(23)7-8-19(21)24/h7-8,15-16H,3-6,9-14H2,1-2H3. The zero-order valence-electron chi connectivity index (χ0n) is 15.0. The lowest BCUT2D eigenvalue weighted by Crippen LogP contribution is -2.41. The Morgan fingerprint density at radius 2 is 1.75 bits per heavy atom. The Labute approximate surface area is 145 Å². The number of unbranched alkanes of at least 4 members (excludes halogenated alkanes) is 1. The van der Waals surface area contributed by atoms with Crippen LogP contribution < -0.4 is 0 Å². The summed E-state index contributed by atoms with van der Waals surface area (Å²) in [5, 5.41) is 0. The average molecular weight is 334 g/mol. The molecule has 24 heavy (non-hydrogen) atoms. The van der Waals surface area contributed by atoms with Crippen LogP contribution in [0, 0.1) is 11.8 Å². The number of amides is 3. The van der Waals surface area contributed by atoms with Gasteiger partial charge in [-0.25, -0.2) is 0 Å².